The van der Waals surface area contributed by atoms with Crippen LogP contribution in [0.15, 0.2) is 51.9 Å². The molecule has 17 heavy (non-hydrogen) atoms. The van der Waals surface area contributed by atoms with E-state index in [2.05, 4.69) is 28.1 Å². The molecule has 0 amide bonds. The van der Waals surface area contributed by atoms with Crippen LogP contribution in [0.25, 0.3) is 0 Å². The van der Waals surface area contributed by atoms with Gasteiger partial charge in [-0.2, -0.15) is 0 Å². The Balaban J connectivity index is 2.17. The maximum atomic E-state index is 11.9. The van der Waals surface area contributed by atoms with Crippen LogP contribution in [0.2, 0.25) is 0 Å². The van der Waals surface area contributed by atoms with Crippen LogP contribution >= 0.6 is 15.9 Å². The number of rotatable bonds is 3. The molecule has 0 fully saturated rings. The topological polar surface area (TPSA) is 22.0 Å². The molecule has 1 aromatic carbocycles. The molecule has 0 radical (unpaired) electrons. The Kier molecular flexibility index (Phi) is 3.79. The zero-order chi connectivity index (χ0) is 12.3. The Morgan fingerprint density at radius 3 is 2.65 bits per heavy atom. The van der Waals surface area contributed by atoms with Gasteiger partial charge in [0.25, 0.3) is 5.56 Å². The lowest BCUT2D eigenvalue weighted by atomic mass is 10.1. The maximum absolute atomic E-state index is 11.9. The SMILES string of the molecule is Cc1cc(Br)cn(CCc2ccccc2)c1=O. The van der Waals surface area contributed by atoms with E-state index in [9.17, 15) is 4.79 Å². The van der Waals surface area contributed by atoms with E-state index >= 15 is 0 Å². The third-order valence-corrected chi connectivity index (χ3v) is 3.15. The molecule has 2 nitrogen and oxygen atoms in total. The monoisotopic (exact) mass is 291 g/mol. The number of nitrogens with zero attached hydrogens (tertiary/aromatic N) is 1. The normalized spacial score (nSPS) is 10.5. The summed E-state index contributed by atoms with van der Waals surface area (Å²) in [4.78, 5) is 11.9. The average Bonchev–Trinajstić information content (AvgIpc) is 2.33. The number of halogens is 1. The molecule has 0 aliphatic rings. The van der Waals surface area contributed by atoms with Gasteiger partial charge in [0.1, 0.15) is 0 Å². The van der Waals surface area contributed by atoms with Crippen molar-refractivity contribution in [3.63, 3.8) is 0 Å². The van der Waals surface area contributed by atoms with Crippen molar-refractivity contribution >= 4 is 15.9 Å². The van der Waals surface area contributed by atoms with Crippen LogP contribution in [0.1, 0.15) is 11.1 Å². The fourth-order valence-corrected chi connectivity index (χ4v) is 2.39. The summed E-state index contributed by atoms with van der Waals surface area (Å²) in [6.45, 7) is 2.55. The smallest absolute Gasteiger partial charge is 0.253 e. The van der Waals surface area contributed by atoms with Crippen LogP contribution in [0, 0.1) is 6.92 Å². The van der Waals surface area contributed by atoms with Crippen molar-refractivity contribution in [1.82, 2.24) is 4.57 Å². The molecule has 0 N–H and O–H groups in total. The molecule has 0 unspecified atom stereocenters. The van der Waals surface area contributed by atoms with E-state index in [0.717, 1.165) is 16.5 Å². The second-order valence-corrected chi connectivity index (χ2v) is 4.99. The fraction of sp³-hybridized carbons (Fsp3) is 0.214. The van der Waals surface area contributed by atoms with Crippen molar-refractivity contribution in [1.29, 1.82) is 0 Å². The minimum absolute atomic E-state index is 0.0872. The largest absolute Gasteiger partial charge is 0.314 e. The highest BCUT2D eigenvalue weighted by atomic mass is 79.9. The van der Waals surface area contributed by atoms with Gasteiger partial charge in [0.2, 0.25) is 0 Å². The number of hydrogen-bond acceptors (Lipinski definition) is 1. The highest BCUT2D eigenvalue weighted by Crippen LogP contribution is 2.09. The summed E-state index contributed by atoms with van der Waals surface area (Å²) < 4.78 is 2.70. The number of pyridine rings is 1. The standard InChI is InChI=1S/C14H14BrNO/c1-11-9-13(15)10-16(14(11)17)8-7-12-5-3-2-4-6-12/h2-6,9-10H,7-8H2,1H3. The van der Waals surface area contributed by atoms with Gasteiger partial charge in [-0.25, -0.2) is 0 Å². The summed E-state index contributed by atoms with van der Waals surface area (Å²) in [5, 5.41) is 0. The van der Waals surface area contributed by atoms with Gasteiger partial charge in [-0.3, -0.25) is 4.79 Å². The van der Waals surface area contributed by atoms with Crippen LogP contribution < -0.4 is 5.56 Å². The van der Waals surface area contributed by atoms with Gasteiger partial charge in [-0.1, -0.05) is 30.3 Å². The van der Waals surface area contributed by atoms with Gasteiger partial charge >= 0.3 is 0 Å². The minimum atomic E-state index is 0.0872. The van der Waals surface area contributed by atoms with Crippen molar-refractivity contribution in [2.24, 2.45) is 0 Å². The summed E-state index contributed by atoms with van der Waals surface area (Å²) in [6.07, 6.45) is 2.72. The van der Waals surface area contributed by atoms with Crippen LogP contribution in [-0.4, -0.2) is 4.57 Å². The highest BCUT2D eigenvalue weighted by molar-refractivity contribution is 9.10. The molecule has 0 aliphatic heterocycles. The third kappa shape index (κ3) is 3.07. The molecular weight excluding hydrogens is 278 g/mol. The van der Waals surface area contributed by atoms with E-state index in [1.165, 1.54) is 5.56 Å². The van der Waals surface area contributed by atoms with E-state index in [1.54, 1.807) is 4.57 Å². The molecule has 2 rings (SSSR count). The number of aryl methyl sites for hydroxylation is 3. The predicted molar refractivity (Wildman–Crippen MR) is 73.3 cm³/mol. The van der Waals surface area contributed by atoms with Gasteiger partial charge in [0.15, 0.2) is 0 Å². The average molecular weight is 292 g/mol. The second-order valence-electron chi connectivity index (χ2n) is 4.08. The minimum Gasteiger partial charge on any atom is -0.314 e. The van der Waals surface area contributed by atoms with Gasteiger partial charge in [0.05, 0.1) is 0 Å². The van der Waals surface area contributed by atoms with E-state index in [4.69, 9.17) is 0 Å². The van der Waals surface area contributed by atoms with E-state index in [-0.39, 0.29) is 5.56 Å². The lowest BCUT2D eigenvalue weighted by Crippen LogP contribution is -2.22. The van der Waals surface area contributed by atoms with Crippen LogP contribution in [0.4, 0.5) is 0 Å². The molecule has 0 saturated heterocycles. The van der Waals surface area contributed by atoms with Crippen molar-refractivity contribution in [2.75, 3.05) is 0 Å². The van der Waals surface area contributed by atoms with E-state index < -0.39 is 0 Å². The van der Waals surface area contributed by atoms with Crippen molar-refractivity contribution < 1.29 is 0 Å². The molecule has 2 aromatic rings. The summed E-state index contributed by atoms with van der Waals surface area (Å²) >= 11 is 3.41. The van der Waals surface area contributed by atoms with Gasteiger partial charge in [-0.15, -0.1) is 0 Å². The first-order valence-corrected chi connectivity index (χ1v) is 6.36. The van der Waals surface area contributed by atoms with Crippen molar-refractivity contribution in [2.45, 2.75) is 19.9 Å². The Bertz CT molecular complexity index is 560. The Morgan fingerprint density at radius 2 is 1.94 bits per heavy atom. The quantitative estimate of drug-likeness (QED) is 0.851. The Morgan fingerprint density at radius 1 is 1.24 bits per heavy atom. The number of benzene rings is 1. The summed E-state index contributed by atoms with van der Waals surface area (Å²) in [7, 11) is 0. The van der Waals surface area contributed by atoms with Gasteiger partial charge in [0, 0.05) is 22.8 Å². The van der Waals surface area contributed by atoms with Crippen molar-refractivity contribution in [3.05, 3.63) is 68.5 Å². The first-order chi connectivity index (χ1) is 8.16. The van der Waals surface area contributed by atoms with Gasteiger partial charge < -0.3 is 4.57 Å². The third-order valence-electron chi connectivity index (χ3n) is 2.72. The van der Waals surface area contributed by atoms with Gasteiger partial charge in [-0.05, 0) is 40.9 Å². The number of hydrogen-bond donors (Lipinski definition) is 0. The summed E-state index contributed by atoms with van der Waals surface area (Å²) in [6, 6.07) is 12.0. The zero-order valence-electron chi connectivity index (χ0n) is 9.69. The van der Waals surface area contributed by atoms with Crippen molar-refractivity contribution in [3.8, 4) is 0 Å². The Hall–Kier alpha value is -1.35. The number of aromatic nitrogens is 1. The lowest BCUT2D eigenvalue weighted by molar-refractivity contribution is 0.663. The maximum Gasteiger partial charge on any atom is 0.253 e. The van der Waals surface area contributed by atoms with Crippen LogP contribution in [0.3, 0.4) is 0 Å². The molecule has 3 heteroatoms. The molecule has 0 aliphatic carbocycles. The fourth-order valence-electron chi connectivity index (χ4n) is 1.80. The van der Waals surface area contributed by atoms with E-state index in [1.807, 2.05) is 37.4 Å². The predicted octanol–water partition coefficient (Wildman–Crippen LogP) is 3.16. The van der Waals surface area contributed by atoms with Crippen LogP contribution in [0.5, 0.6) is 0 Å². The molecule has 88 valence electrons. The first kappa shape index (κ1) is 12.1. The van der Waals surface area contributed by atoms with E-state index in [0.29, 0.717) is 6.54 Å². The summed E-state index contributed by atoms with van der Waals surface area (Å²) in [5.41, 5.74) is 2.11. The first-order valence-electron chi connectivity index (χ1n) is 5.57. The second kappa shape index (κ2) is 5.32. The highest BCUT2D eigenvalue weighted by Gasteiger charge is 2.02. The lowest BCUT2D eigenvalue weighted by Gasteiger charge is -2.07. The Labute approximate surface area is 109 Å². The summed E-state index contributed by atoms with van der Waals surface area (Å²) in [5.74, 6) is 0. The zero-order valence-corrected chi connectivity index (χ0v) is 11.3. The molecular formula is C14H14BrNO. The molecule has 0 spiro atoms. The molecule has 0 saturated carbocycles. The molecule has 0 atom stereocenters. The van der Waals surface area contributed by atoms with Crippen LogP contribution in [-0.2, 0) is 13.0 Å². The molecule has 0 bridgehead atoms. The molecule has 1 aromatic heterocycles. The molecule has 1 heterocycles.